The summed E-state index contributed by atoms with van der Waals surface area (Å²) in [4.78, 5) is 25.3. The summed E-state index contributed by atoms with van der Waals surface area (Å²) in [5.41, 5.74) is 1.50. The van der Waals surface area contributed by atoms with Gasteiger partial charge in [0.1, 0.15) is 0 Å². The molecule has 0 saturated carbocycles. The van der Waals surface area contributed by atoms with Crippen LogP contribution in [0.4, 0.5) is 4.79 Å². The number of hydrogen-bond acceptors (Lipinski definition) is 6. The van der Waals surface area contributed by atoms with Crippen LogP contribution in [0.25, 0.3) is 0 Å². The Balaban J connectivity index is 1.83. The van der Waals surface area contributed by atoms with Crippen molar-refractivity contribution < 1.29 is 9.59 Å². The second kappa shape index (κ2) is 10.8. The lowest BCUT2D eigenvalue weighted by molar-refractivity contribution is 0.0964. The molecule has 6 nitrogen and oxygen atoms in total. The highest BCUT2D eigenvalue weighted by molar-refractivity contribution is 8.03. The maximum atomic E-state index is 12.1. The van der Waals surface area contributed by atoms with Crippen molar-refractivity contribution in [3.05, 3.63) is 45.5 Å². The van der Waals surface area contributed by atoms with E-state index in [2.05, 4.69) is 34.4 Å². The van der Waals surface area contributed by atoms with Crippen LogP contribution in [0.5, 0.6) is 0 Å². The van der Waals surface area contributed by atoms with Gasteiger partial charge in [-0.2, -0.15) is 0 Å². The standard InChI is InChI=1S/C18H25ClN4O2S2/c1-20-15-9-8-12(27-23(2)3)10-16(15)26-11-21-18(25)22-17(24)13-6-4-5-7-14(13)19/h4-7,12,20H,8-11H2,1-3H3,(H2,21,22,24,25). The third-order valence-corrected chi connectivity index (χ3v) is 6.45. The molecule has 3 amide bonds. The molecule has 0 heterocycles. The molecule has 148 valence electrons. The number of benzene rings is 1. The van der Waals surface area contributed by atoms with Gasteiger partial charge in [0.25, 0.3) is 5.91 Å². The number of halogens is 1. The Kier molecular flexibility index (Phi) is 8.82. The van der Waals surface area contributed by atoms with E-state index >= 15 is 0 Å². The molecular formula is C18H25ClN4O2S2. The Hall–Kier alpha value is -1.35. The number of allylic oxidation sites excluding steroid dienone is 2. The maximum Gasteiger partial charge on any atom is 0.322 e. The molecule has 0 bridgehead atoms. The van der Waals surface area contributed by atoms with Gasteiger partial charge in [-0.3, -0.25) is 14.4 Å². The minimum absolute atomic E-state index is 0.276. The van der Waals surface area contributed by atoms with Crippen LogP contribution in [0.3, 0.4) is 0 Å². The van der Waals surface area contributed by atoms with E-state index in [0.29, 0.717) is 16.1 Å². The number of rotatable bonds is 7. The van der Waals surface area contributed by atoms with Crippen LogP contribution >= 0.6 is 35.3 Å². The molecule has 9 heteroatoms. The minimum Gasteiger partial charge on any atom is -0.391 e. The van der Waals surface area contributed by atoms with E-state index in [0.717, 1.165) is 19.3 Å². The van der Waals surface area contributed by atoms with Gasteiger partial charge >= 0.3 is 6.03 Å². The molecule has 2 rings (SSSR count). The second-order valence-electron chi connectivity index (χ2n) is 6.16. The highest BCUT2D eigenvalue weighted by Gasteiger charge is 2.22. The van der Waals surface area contributed by atoms with E-state index in [1.54, 1.807) is 36.0 Å². The zero-order valence-electron chi connectivity index (χ0n) is 15.7. The zero-order chi connectivity index (χ0) is 19.8. The van der Waals surface area contributed by atoms with Crippen molar-refractivity contribution in [2.24, 2.45) is 0 Å². The second-order valence-corrected chi connectivity index (χ2v) is 9.25. The molecule has 0 fully saturated rings. The summed E-state index contributed by atoms with van der Waals surface area (Å²) in [6, 6.07) is 6.09. The van der Waals surface area contributed by atoms with Gasteiger partial charge in [-0.25, -0.2) is 4.79 Å². The molecule has 0 saturated heterocycles. The van der Waals surface area contributed by atoms with Gasteiger partial charge in [0.05, 0.1) is 16.5 Å². The van der Waals surface area contributed by atoms with Gasteiger partial charge in [-0.05, 0) is 45.5 Å². The predicted molar refractivity (Wildman–Crippen MR) is 115 cm³/mol. The molecule has 1 aromatic carbocycles. The topological polar surface area (TPSA) is 73.5 Å². The Bertz CT molecular complexity index is 712. The van der Waals surface area contributed by atoms with E-state index in [4.69, 9.17) is 11.6 Å². The normalized spacial score (nSPS) is 17.0. The van der Waals surface area contributed by atoms with Crippen molar-refractivity contribution >= 4 is 47.2 Å². The van der Waals surface area contributed by atoms with Crippen LogP contribution in [0, 0.1) is 0 Å². The first-order valence-corrected chi connectivity index (χ1v) is 10.8. The average molecular weight is 429 g/mol. The Morgan fingerprint density at radius 2 is 2.04 bits per heavy atom. The summed E-state index contributed by atoms with van der Waals surface area (Å²) in [6.07, 6.45) is 3.09. The molecule has 1 aromatic rings. The number of thioether (sulfide) groups is 1. The molecule has 0 spiro atoms. The van der Waals surface area contributed by atoms with Crippen LogP contribution in [0.2, 0.25) is 5.02 Å². The lowest BCUT2D eigenvalue weighted by Crippen LogP contribution is -2.39. The lowest BCUT2D eigenvalue weighted by Gasteiger charge is -2.28. The molecule has 1 aliphatic carbocycles. The van der Waals surface area contributed by atoms with E-state index in [9.17, 15) is 9.59 Å². The van der Waals surface area contributed by atoms with Crippen molar-refractivity contribution in [1.82, 2.24) is 20.3 Å². The number of amides is 3. The van der Waals surface area contributed by atoms with Gasteiger partial charge in [-0.15, -0.1) is 11.8 Å². The van der Waals surface area contributed by atoms with Crippen LogP contribution < -0.4 is 16.0 Å². The van der Waals surface area contributed by atoms with Gasteiger partial charge in [0.15, 0.2) is 0 Å². The summed E-state index contributed by atoms with van der Waals surface area (Å²) in [5.74, 6) is -0.125. The van der Waals surface area contributed by atoms with Gasteiger partial charge in [0.2, 0.25) is 0 Å². The number of nitrogens with one attached hydrogen (secondary N) is 3. The predicted octanol–water partition coefficient (Wildman–Crippen LogP) is 3.66. The van der Waals surface area contributed by atoms with Gasteiger partial charge in [-0.1, -0.05) is 35.7 Å². The number of urea groups is 1. The van der Waals surface area contributed by atoms with Gasteiger partial charge in [0, 0.05) is 22.9 Å². The fourth-order valence-electron chi connectivity index (χ4n) is 2.72. The average Bonchev–Trinajstić information content (AvgIpc) is 2.61. The molecule has 1 atom stereocenters. The van der Waals surface area contributed by atoms with E-state index in [1.165, 1.54) is 10.6 Å². The Morgan fingerprint density at radius 3 is 2.70 bits per heavy atom. The van der Waals surface area contributed by atoms with Crippen molar-refractivity contribution in [3.8, 4) is 0 Å². The number of nitrogens with zero attached hydrogens (tertiary/aromatic N) is 1. The molecule has 0 aliphatic heterocycles. The monoisotopic (exact) mass is 428 g/mol. The summed E-state index contributed by atoms with van der Waals surface area (Å²) < 4.78 is 2.13. The number of hydrogen-bond donors (Lipinski definition) is 3. The largest absolute Gasteiger partial charge is 0.391 e. The number of carbonyl (C=O) groups excluding carboxylic acids is 2. The van der Waals surface area contributed by atoms with Crippen molar-refractivity contribution in [2.45, 2.75) is 24.5 Å². The van der Waals surface area contributed by atoms with Crippen molar-refractivity contribution in [2.75, 3.05) is 27.0 Å². The van der Waals surface area contributed by atoms with Crippen LogP contribution in [-0.2, 0) is 0 Å². The molecule has 1 unspecified atom stereocenters. The van der Waals surface area contributed by atoms with E-state index < -0.39 is 11.9 Å². The third kappa shape index (κ3) is 6.95. The third-order valence-electron chi connectivity index (χ3n) is 3.95. The summed E-state index contributed by atoms with van der Waals surface area (Å²) in [5, 5.41) is 9.14. The van der Waals surface area contributed by atoms with Crippen LogP contribution in [-0.4, -0.2) is 48.5 Å². The quantitative estimate of drug-likeness (QED) is 0.454. The molecule has 27 heavy (non-hydrogen) atoms. The van der Waals surface area contributed by atoms with Crippen molar-refractivity contribution in [3.63, 3.8) is 0 Å². The molecule has 0 aromatic heterocycles. The molecule has 0 radical (unpaired) electrons. The fourth-order valence-corrected chi connectivity index (χ4v) is 5.19. The smallest absolute Gasteiger partial charge is 0.322 e. The first-order valence-electron chi connectivity index (χ1n) is 8.61. The number of imide groups is 1. The SMILES string of the molecule is CNC1=C(SCNC(=O)NC(=O)c2ccccc2Cl)CC(SN(C)C)CC1. The maximum absolute atomic E-state index is 12.1. The van der Waals surface area contributed by atoms with E-state index in [-0.39, 0.29) is 5.56 Å². The van der Waals surface area contributed by atoms with Crippen LogP contribution in [0.15, 0.2) is 34.9 Å². The molecule has 3 N–H and O–H groups in total. The molecule has 1 aliphatic rings. The van der Waals surface area contributed by atoms with Crippen molar-refractivity contribution in [1.29, 1.82) is 0 Å². The van der Waals surface area contributed by atoms with Crippen LogP contribution in [0.1, 0.15) is 29.6 Å². The number of carbonyl (C=O) groups is 2. The Labute approximate surface area is 174 Å². The van der Waals surface area contributed by atoms with E-state index in [1.807, 2.05) is 19.0 Å². The van der Waals surface area contributed by atoms with Gasteiger partial charge < -0.3 is 10.6 Å². The first-order chi connectivity index (χ1) is 12.9. The highest BCUT2D eigenvalue weighted by atomic mass is 35.5. The molecular weight excluding hydrogens is 404 g/mol. The summed E-state index contributed by atoms with van der Waals surface area (Å²) >= 11 is 9.41. The zero-order valence-corrected chi connectivity index (χ0v) is 18.1. The minimum atomic E-state index is -0.533. The summed E-state index contributed by atoms with van der Waals surface area (Å²) in [6.45, 7) is 0. The summed E-state index contributed by atoms with van der Waals surface area (Å²) in [7, 11) is 6.03. The Morgan fingerprint density at radius 1 is 1.30 bits per heavy atom. The lowest BCUT2D eigenvalue weighted by atomic mass is 10.0. The first kappa shape index (κ1) is 21.9. The highest BCUT2D eigenvalue weighted by Crippen LogP contribution is 2.37. The fraction of sp³-hybridized carbons (Fsp3) is 0.444.